The Balaban J connectivity index is 1.24. The normalized spacial score (nSPS) is 22.5. The van der Waals surface area contributed by atoms with Crippen LogP contribution in [-0.4, -0.2) is 49.1 Å². The van der Waals surface area contributed by atoms with Crippen molar-refractivity contribution in [2.45, 2.75) is 45.1 Å². The molecule has 0 saturated heterocycles. The number of anilines is 1. The van der Waals surface area contributed by atoms with Crippen LogP contribution in [0.2, 0.25) is 5.15 Å². The van der Waals surface area contributed by atoms with E-state index in [9.17, 15) is 9.90 Å². The van der Waals surface area contributed by atoms with Crippen molar-refractivity contribution in [1.82, 2.24) is 24.9 Å². The molecule has 0 spiro atoms. The van der Waals surface area contributed by atoms with Crippen LogP contribution in [0.5, 0.6) is 5.75 Å². The van der Waals surface area contributed by atoms with Gasteiger partial charge in [0.15, 0.2) is 15.6 Å². The van der Waals surface area contributed by atoms with Gasteiger partial charge in [-0.3, -0.25) is 15.1 Å². The van der Waals surface area contributed by atoms with Gasteiger partial charge in [0.1, 0.15) is 10.9 Å². The molecule has 0 aromatic carbocycles. The zero-order chi connectivity index (χ0) is 26.4. The third-order valence-corrected chi connectivity index (χ3v) is 8.82. The molecule has 4 aromatic heterocycles. The van der Waals surface area contributed by atoms with Crippen LogP contribution in [0.15, 0.2) is 30.7 Å². The maximum absolute atomic E-state index is 13.4. The minimum atomic E-state index is -0.362. The topological polar surface area (TPSA) is 123 Å². The number of carbonyl (C=O) groups excluding carboxylic acids is 1. The predicted molar refractivity (Wildman–Crippen MR) is 146 cm³/mol. The molecule has 3 aliphatic carbocycles. The van der Waals surface area contributed by atoms with E-state index in [1.807, 2.05) is 13.0 Å². The number of fused-ring (bicyclic) bond motifs is 4. The van der Waals surface area contributed by atoms with E-state index in [1.54, 1.807) is 19.4 Å². The average Bonchev–Trinajstić information content (AvgIpc) is 3.30. The Morgan fingerprint density at radius 3 is 2.71 bits per heavy atom. The first-order chi connectivity index (χ1) is 18.4. The number of hydrogen-bond acceptors (Lipinski definition) is 9. The second-order valence-electron chi connectivity index (χ2n) is 10.1. The number of nitrogens with one attached hydrogen (secondary N) is 1. The summed E-state index contributed by atoms with van der Waals surface area (Å²) in [6, 6.07) is 3.48. The van der Waals surface area contributed by atoms with Crippen molar-refractivity contribution in [2.24, 2.45) is 17.8 Å². The van der Waals surface area contributed by atoms with Crippen LogP contribution in [0.3, 0.4) is 0 Å². The molecule has 196 valence electrons. The fourth-order valence-corrected chi connectivity index (χ4v) is 6.84. The number of thiazole rings is 1. The van der Waals surface area contributed by atoms with Crippen LogP contribution in [0.4, 0.5) is 5.13 Å². The van der Waals surface area contributed by atoms with Crippen molar-refractivity contribution < 1.29 is 14.6 Å². The summed E-state index contributed by atoms with van der Waals surface area (Å²) < 4.78 is 5.46. The molecular weight excluding hydrogens is 524 g/mol. The zero-order valence-corrected chi connectivity index (χ0v) is 22.6. The summed E-state index contributed by atoms with van der Waals surface area (Å²) in [5, 5.41) is 13.8. The van der Waals surface area contributed by atoms with E-state index in [2.05, 4.69) is 25.3 Å². The molecule has 4 heterocycles. The molecular formula is C27H27ClN6O3S. The predicted octanol–water partition coefficient (Wildman–Crippen LogP) is 5.11. The van der Waals surface area contributed by atoms with Gasteiger partial charge in [-0.25, -0.2) is 15.0 Å². The molecule has 3 saturated carbocycles. The minimum absolute atomic E-state index is 0.146. The minimum Gasteiger partial charge on any atom is -0.494 e. The Hall–Kier alpha value is -3.21. The van der Waals surface area contributed by atoms with E-state index in [0.717, 1.165) is 37.1 Å². The third kappa shape index (κ3) is 4.83. The molecule has 11 heteroatoms. The number of hydrogen-bond donors (Lipinski definition) is 2. The number of amides is 1. The zero-order valence-electron chi connectivity index (χ0n) is 21.0. The van der Waals surface area contributed by atoms with E-state index in [0.29, 0.717) is 55.8 Å². The molecule has 0 radical (unpaired) electrons. The lowest BCUT2D eigenvalue weighted by Crippen LogP contribution is -2.41. The second kappa shape index (κ2) is 10.2. The van der Waals surface area contributed by atoms with E-state index < -0.39 is 0 Å². The van der Waals surface area contributed by atoms with Crippen LogP contribution in [-0.2, 0) is 6.42 Å². The summed E-state index contributed by atoms with van der Waals surface area (Å²) in [5.74, 6) is 1.63. The van der Waals surface area contributed by atoms with Crippen molar-refractivity contribution in [3.05, 3.63) is 52.8 Å². The van der Waals surface area contributed by atoms with E-state index in [4.69, 9.17) is 21.3 Å². The lowest BCUT2D eigenvalue weighted by atomic mass is 9.62. The van der Waals surface area contributed by atoms with E-state index in [-0.39, 0.29) is 17.2 Å². The van der Waals surface area contributed by atoms with Gasteiger partial charge in [-0.1, -0.05) is 22.9 Å². The molecule has 3 aliphatic rings. The molecule has 9 nitrogen and oxygen atoms in total. The molecule has 7 rings (SSSR count). The second-order valence-corrected chi connectivity index (χ2v) is 11.5. The first-order valence-electron chi connectivity index (χ1n) is 12.7. The molecule has 2 bridgehead atoms. The highest BCUT2D eigenvalue weighted by Crippen LogP contribution is 2.46. The number of ether oxygens (including phenoxy) is 1. The first-order valence-corrected chi connectivity index (χ1v) is 13.9. The van der Waals surface area contributed by atoms with Crippen molar-refractivity contribution in [2.75, 3.05) is 12.4 Å². The summed E-state index contributed by atoms with van der Waals surface area (Å²) in [6.45, 7) is 1.85. The van der Waals surface area contributed by atoms with Crippen LogP contribution in [0.25, 0.3) is 21.6 Å². The monoisotopic (exact) mass is 550 g/mol. The number of aromatic nitrogens is 5. The standard InChI is InChI=1S/C27H27ClN6O3S/c1-13-5-18(19-9-23(28)30-12-22(19)37-2)20(11-29-13)25(36)34-27-33-24-26(38-27)32-17(10-31-24)7-16-6-15-4-3-14(16)8-21(15)35/h5,9-12,14-16,21,35H,3-4,6-8H2,1-2H3,(H,31,33,34,36). The van der Waals surface area contributed by atoms with Crippen LogP contribution in [0.1, 0.15) is 47.4 Å². The lowest BCUT2D eigenvalue weighted by molar-refractivity contribution is -0.0306. The van der Waals surface area contributed by atoms with Crippen LogP contribution < -0.4 is 10.1 Å². The Labute approximate surface area is 228 Å². The number of aryl methyl sites for hydroxylation is 1. The number of methoxy groups -OCH3 is 1. The summed E-state index contributed by atoms with van der Waals surface area (Å²) in [6.07, 6.45) is 9.82. The van der Waals surface area contributed by atoms with Gasteiger partial charge >= 0.3 is 0 Å². The number of nitrogens with zero attached hydrogens (tertiary/aromatic N) is 5. The number of rotatable bonds is 6. The smallest absolute Gasteiger partial charge is 0.259 e. The quantitative estimate of drug-likeness (QED) is 0.318. The largest absolute Gasteiger partial charge is 0.494 e. The van der Waals surface area contributed by atoms with Gasteiger partial charge < -0.3 is 9.84 Å². The number of aliphatic hydroxyl groups excluding tert-OH is 1. The van der Waals surface area contributed by atoms with Gasteiger partial charge in [0.05, 0.1) is 36.9 Å². The summed E-state index contributed by atoms with van der Waals surface area (Å²) in [7, 11) is 1.54. The van der Waals surface area contributed by atoms with Crippen LogP contribution in [0, 0.1) is 24.7 Å². The summed E-state index contributed by atoms with van der Waals surface area (Å²) in [5.41, 5.74) is 3.80. The van der Waals surface area contributed by atoms with Gasteiger partial charge in [-0.15, -0.1) is 0 Å². The molecule has 2 N–H and O–H groups in total. The Morgan fingerprint density at radius 2 is 1.95 bits per heavy atom. The number of halogens is 1. The van der Waals surface area contributed by atoms with Gasteiger partial charge in [0, 0.05) is 23.0 Å². The van der Waals surface area contributed by atoms with Crippen molar-refractivity contribution in [3.63, 3.8) is 0 Å². The maximum Gasteiger partial charge on any atom is 0.259 e. The number of aliphatic hydroxyl groups is 1. The fourth-order valence-electron chi connectivity index (χ4n) is 5.87. The fraction of sp³-hybridized carbons (Fsp3) is 0.407. The van der Waals surface area contributed by atoms with E-state index >= 15 is 0 Å². The van der Waals surface area contributed by atoms with Crippen molar-refractivity contribution >= 4 is 44.5 Å². The number of carbonyl (C=O) groups is 1. The molecule has 38 heavy (non-hydrogen) atoms. The van der Waals surface area contributed by atoms with Crippen molar-refractivity contribution in [3.8, 4) is 16.9 Å². The molecule has 3 fully saturated rings. The number of pyridine rings is 2. The SMILES string of the molecule is COc1cnc(Cl)cc1-c1cc(C)ncc1C(=O)Nc1nc2ncc(CC3CC4CCC3CC4O)nc2s1. The Kier molecular flexibility index (Phi) is 6.71. The van der Waals surface area contributed by atoms with E-state index in [1.165, 1.54) is 30.2 Å². The van der Waals surface area contributed by atoms with Crippen LogP contribution >= 0.6 is 22.9 Å². The molecule has 1 amide bonds. The highest BCUT2D eigenvalue weighted by Gasteiger charge is 2.40. The average molecular weight is 551 g/mol. The Bertz CT molecular complexity index is 1530. The molecule has 4 atom stereocenters. The summed E-state index contributed by atoms with van der Waals surface area (Å²) >= 11 is 7.45. The van der Waals surface area contributed by atoms with Crippen molar-refractivity contribution in [1.29, 1.82) is 0 Å². The lowest BCUT2D eigenvalue weighted by Gasteiger charge is -2.45. The third-order valence-electron chi connectivity index (χ3n) is 7.76. The molecule has 0 aliphatic heterocycles. The van der Waals surface area contributed by atoms with Gasteiger partial charge in [-0.2, -0.15) is 4.98 Å². The first kappa shape index (κ1) is 25.1. The maximum atomic E-state index is 13.4. The Morgan fingerprint density at radius 1 is 1.11 bits per heavy atom. The highest BCUT2D eigenvalue weighted by molar-refractivity contribution is 7.21. The molecule has 4 unspecified atom stereocenters. The highest BCUT2D eigenvalue weighted by atomic mass is 35.5. The van der Waals surface area contributed by atoms with Gasteiger partial charge in [0.25, 0.3) is 5.91 Å². The molecule has 4 aromatic rings. The van der Waals surface area contributed by atoms with Gasteiger partial charge in [-0.05, 0) is 68.9 Å². The van der Waals surface area contributed by atoms with Gasteiger partial charge in [0.2, 0.25) is 0 Å². The summed E-state index contributed by atoms with van der Waals surface area (Å²) in [4.78, 5) is 36.3.